The van der Waals surface area contributed by atoms with Gasteiger partial charge in [0, 0.05) is 18.8 Å². The normalized spacial score (nSPS) is 10.2. The molecule has 0 radical (unpaired) electrons. The second-order valence-electron chi connectivity index (χ2n) is 3.47. The van der Waals surface area contributed by atoms with Gasteiger partial charge < -0.3 is 5.32 Å². The molecule has 1 N–H and O–H groups in total. The summed E-state index contributed by atoms with van der Waals surface area (Å²) in [6, 6.07) is 6.37. The van der Waals surface area contributed by atoms with Crippen LogP contribution in [0.25, 0.3) is 11.4 Å². The topological polar surface area (TPSA) is 37.8 Å². The van der Waals surface area contributed by atoms with E-state index in [1.807, 2.05) is 6.92 Å². The van der Waals surface area contributed by atoms with Gasteiger partial charge in [0.15, 0.2) is 5.82 Å². The number of benzene rings is 1. The van der Waals surface area contributed by atoms with Gasteiger partial charge in [0.05, 0.1) is 0 Å². The number of rotatable bonds is 2. The molecule has 2 rings (SSSR count). The Morgan fingerprint density at radius 1 is 1.25 bits per heavy atom. The Balaban J connectivity index is 2.49. The van der Waals surface area contributed by atoms with Gasteiger partial charge in [0.25, 0.3) is 0 Å². The average Bonchev–Trinajstić information content (AvgIpc) is 2.29. The van der Waals surface area contributed by atoms with Crippen LogP contribution in [0.3, 0.4) is 0 Å². The van der Waals surface area contributed by atoms with Crippen LogP contribution in [0.2, 0.25) is 0 Å². The van der Waals surface area contributed by atoms with Gasteiger partial charge in [-0.25, -0.2) is 14.4 Å². The minimum atomic E-state index is -0.244. The lowest BCUT2D eigenvalue weighted by Crippen LogP contribution is -1.97. The third-order valence-electron chi connectivity index (χ3n) is 2.34. The summed E-state index contributed by atoms with van der Waals surface area (Å²) in [6.45, 7) is 1.84. The zero-order valence-electron chi connectivity index (χ0n) is 9.16. The van der Waals surface area contributed by atoms with Gasteiger partial charge in [-0.1, -0.05) is 0 Å². The van der Waals surface area contributed by atoms with E-state index in [4.69, 9.17) is 0 Å². The van der Waals surface area contributed by atoms with Crippen molar-refractivity contribution in [1.82, 2.24) is 9.97 Å². The van der Waals surface area contributed by atoms with E-state index in [1.165, 1.54) is 12.1 Å². The van der Waals surface area contributed by atoms with E-state index in [9.17, 15) is 4.39 Å². The monoisotopic (exact) mass is 217 g/mol. The van der Waals surface area contributed by atoms with Crippen molar-refractivity contribution >= 4 is 5.82 Å². The molecule has 2 aromatic rings. The summed E-state index contributed by atoms with van der Waals surface area (Å²) >= 11 is 0. The second kappa shape index (κ2) is 4.26. The lowest BCUT2D eigenvalue weighted by atomic mass is 10.1. The number of nitrogens with one attached hydrogen (secondary N) is 1. The van der Waals surface area contributed by atoms with Crippen LogP contribution in [0.1, 0.15) is 5.56 Å². The van der Waals surface area contributed by atoms with Gasteiger partial charge in [0.1, 0.15) is 11.6 Å². The van der Waals surface area contributed by atoms with Crippen molar-refractivity contribution in [2.24, 2.45) is 0 Å². The predicted octanol–water partition coefficient (Wildman–Crippen LogP) is 2.63. The van der Waals surface area contributed by atoms with Crippen molar-refractivity contribution in [3.05, 3.63) is 41.8 Å². The first kappa shape index (κ1) is 10.5. The smallest absolute Gasteiger partial charge is 0.161 e. The molecule has 16 heavy (non-hydrogen) atoms. The number of halogens is 1. The highest BCUT2D eigenvalue weighted by atomic mass is 19.1. The van der Waals surface area contributed by atoms with Crippen LogP contribution >= 0.6 is 0 Å². The Bertz CT molecular complexity index is 511. The Hall–Kier alpha value is -1.97. The SMILES string of the molecule is CNc1ccnc(-c2ccc(F)cc2C)n1. The van der Waals surface area contributed by atoms with Gasteiger partial charge in [-0.2, -0.15) is 0 Å². The average molecular weight is 217 g/mol. The summed E-state index contributed by atoms with van der Waals surface area (Å²) in [5.41, 5.74) is 1.67. The molecule has 0 fully saturated rings. The summed E-state index contributed by atoms with van der Waals surface area (Å²) in [5.74, 6) is 1.10. The van der Waals surface area contributed by atoms with E-state index in [2.05, 4.69) is 15.3 Å². The lowest BCUT2D eigenvalue weighted by molar-refractivity contribution is 0.627. The summed E-state index contributed by atoms with van der Waals surface area (Å²) in [5, 5.41) is 2.94. The highest BCUT2D eigenvalue weighted by molar-refractivity contribution is 5.61. The lowest BCUT2D eigenvalue weighted by Gasteiger charge is -2.05. The maximum absolute atomic E-state index is 13.0. The van der Waals surface area contributed by atoms with Gasteiger partial charge in [-0.05, 0) is 36.8 Å². The fourth-order valence-corrected chi connectivity index (χ4v) is 1.51. The molecule has 1 heterocycles. The number of aromatic nitrogens is 2. The third kappa shape index (κ3) is 2.00. The number of aryl methyl sites for hydroxylation is 1. The summed E-state index contributed by atoms with van der Waals surface area (Å²) in [7, 11) is 1.80. The van der Waals surface area contributed by atoms with Crippen molar-refractivity contribution in [2.75, 3.05) is 12.4 Å². The maximum atomic E-state index is 13.0. The van der Waals surface area contributed by atoms with Crippen LogP contribution in [0, 0.1) is 12.7 Å². The molecule has 82 valence electrons. The molecule has 0 aliphatic carbocycles. The second-order valence-corrected chi connectivity index (χ2v) is 3.47. The number of anilines is 1. The number of hydrogen-bond acceptors (Lipinski definition) is 3. The summed E-state index contributed by atoms with van der Waals surface area (Å²) in [4.78, 5) is 8.48. The summed E-state index contributed by atoms with van der Waals surface area (Å²) in [6.07, 6.45) is 1.68. The molecule has 0 spiro atoms. The van der Waals surface area contributed by atoms with E-state index in [1.54, 1.807) is 25.4 Å². The van der Waals surface area contributed by atoms with Crippen molar-refractivity contribution in [3.8, 4) is 11.4 Å². The van der Waals surface area contributed by atoms with E-state index in [-0.39, 0.29) is 5.82 Å². The van der Waals surface area contributed by atoms with E-state index in [0.717, 1.165) is 16.9 Å². The quantitative estimate of drug-likeness (QED) is 0.840. The van der Waals surface area contributed by atoms with Crippen LogP contribution in [0.15, 0.2) is 30.5 Å². The van der Waals surface area contributed by atoms with Gasteiger partial charge in [-0.15, -0.1) is 0 Å². The minimum Gasteiger partial charge on any atom is -0.373 e. The molecule has 1 aromatic carbocycles. The Morgan fingerprint density at radius 3 is 2.75 bits per heavy atom. The van der Waals surface area contributed by atoms with Crippen LogP contribution in [0.4, 0.5) is 10.2 Å². The van der Waals surface area contributed by atoms with E-state index >= 15 is 0 Å². The molecule has 0 atom stereocenters. The standard InChI is InChI=1S/C12H12FN3/c1-8-7-9(13)3-4-10(8)12-15-6-5-11(14-2)16-12/h3-7H,1-2H3,(H,14,15,16). The number of hydrogen-bond donors (Lipinski definition) is 1. The maximum Gasteiger partial charge on any atom is 0.161 e. The first-order chi connectivity index (χ1) is 7.70. The molecule has 0 saturated carbocycles. The molecule has 0 aliphatic heterocycles. The van der Waals surface area contributed by atoms with Crippen LogP contribution in [-0.4, -0.2) is 17.0 Å². The fourth-order valence-electron chi connectivity index (χ4n) is 1.51. The first-order valence-electron chi connectivity index (χ1n) is 4.98. The van der Waals surface area contributed by atoms with Crippen LogP contribution in [-0.2, 0) is 0 Å². The highest BCUT2D eigenvalue weighted by Crippen LogP contribution is 2.21. The van der Waals surface area contributed by atoms with Crippen LogP contribution < -0.4 is 5.32 Å². The molecule has 0 amide bonds. The van der Waals surface area contributed by atoms with Crippen molar-refractivity contribution in [3.63, 3.8) is 0 Å². The molecule has 1 aromatic heterocycles. The summed E-state index contributed by atoms with van der Waals surface area (Å²) < 4.78 is 13.0. The van der Waals surface area contributed by atoms with Gasteiger partial charge >= 0.3 is 0 Å². The highest BCUT2D eigenvalue weighted by Gasteiger charge is 2.06. The van der Waals surface area contributed by atoms with Gasteiger partial charge in [0.2, 0.25) is 0 Å². The number of nitrogens with zero attached hydrogens (tertiary/aromatic N) is 2. The molecule has 0 aliphatic rings. The van der Waals surface area contributed by atoms with Crippen molar-refractivity contribution in [2.45, 2.75) is 6.92 Å². The molecule has 0 unspecified atom stereocenters. The molecular formula is C12H12FN3. The third-order valence-corrected chi connectivity index (χ3v) is 2.34. The van der Waals surface area contributed by atoms with Crippen molar-refractivity contribution < 1.29 is 4.39 Å². The van der Waals surface area contributed by atoms with Crippen LogP contribution in [0.5, 0.6) is 0 Å². The Labute approximate surface area is 93.4 Å². The van der Waals surface area contributed by atoms with Crippen molar-refractivity contribution in [1.29, 1.82) is 0 Å². The molecule has 4 heteroatoms. The van der Waals surface area contributed by atoms with E-state index < -0.39 is 0 Å². The Kier molecular flexibility index (Phi) is 2.81. The minimum absolute atomic E-state index is 0.244. The largest absolute Gasteiger partial charge is 0.373 e. The molecular weight excluding hydrogens is 205 g/mol. The Morgan fingerprint density at radius 2 is 2.06 bits per heavy atom. The van der Waals surface area contributed by atoms with E-state index in [0.29, 0.717) is 5.82 Å². The molecule has 0 bridgehead atoms. The molecule has 0 saturated heterocycles. The van der Waals surface area contributed by atoms with Gasteiger partial charge in [-0.3, -0.25) is 0 Å². The fraction of sp³-hybridized carbons (Fsp3) is 0.167. The first-order valence-corrected chi connectivity index (χ1v) is 4.98. The zero-order valence-corrected chi connectivity index (χ0v) is 9.16. The predicted molar refractivity (Wildman–Crippen MR) is 61.7 cm³/mol. The zero-order chi connectivity index (χ0) is 11.5. The molecule has 3 nitrogen and oxygen atoms in total.